The Balaban J connectivity index is 1.77. The maximum absolute atomic E-state index is 11.6. The summed E-state index contributed by atoms with van der Waals surface area (Å²) in [5.74, 6) is 0.650. The van der Waals surface area contributed by atoms with Crippen LogP contribution in [-0.4, -0.2) is 31.9 Å². The van der Waals surface area contributed by atoms with Crippen LogP contribution in [0.4, 0.5) is 0 Å². The lowest BCUT2D eigenvalue weighted by Gasteiger charge is -2.12. The Bertz CT molecular complexity index is 399. The van der Waals surface area contributed by atoms with Gasteiger partial charge in [-0.2, -0.15) is 0 Å². The van der Waals surface area contributed by atoms with E-state index >= 15 is 0 Å². The van der Waals surface area contributed by atoms with Crippen LogP contribution in [0.25, 0.3) is 0 Å². The summed E-state index contributed by atoms with van der Waals surface area (Å²) in [6, 6.07) is -0.164. The Morgan fingerprint density at radius 3 is 2.75 bits per heavy atom. The molecule has 0 saturated carbocycles. The first-order valence-corrected chi connectivity index (χ1v) is 7.54. The summed E-state index contributed by atoms with van der Waals surface area (Å²) >= 11 is 0. The van der Waals surface area contributed by atoms with E-state index in [0.717, 1.165) is 12.8 Å². The average Bonchev–Trinajstić information content (AvgIpc) is 2.76. The van der Waals surface area contributed by atoms with E-state index in [2.05, 4.69) is 17.5 Å². The van der Waals surface area contributed by atoms with Gasteiger partial charge in [-0.3, -0.25) is 4.79 Å². The molecule has 0 aromatic rings. The zero-order chi connectivity index (χ0) is 11.6. The highest BCUT2D eigenvalue weighted by Crippen LogP contribution is 2.20. The molecule has 1 amide bonds. The molecular formula is C11H17NO3S. The third-order valence-corrected chi connectivity index (χ3v) is 4.93. The first kappa shape index (κ1) is 11.6. The van der Waals surface area contributed by atoms with Gasteiger partial charge in [0.1, 0.15) is 0 Å². The van der Waals surface area contributed by atoms with Gasteiger partial charge in [-0.1, -0.05) is 12.2 Å². The maximum atomic E-state index is 11.6. The third-order valence-electron chi connectivity index (χ3n) is 3.16. The fraction of sp³-hybridized carbons (Fsp3) is 0.727. The molecule has 1 aliphatic carbocycles. The molecule has 2 aliphatic rings. The lowest BCUT2D eigenvalue weighted by Crippen LogP contribution is -2.36. The van der Waals surface area contributed by atoms with Crippen molar-refractivity contribution < 1.29 is 13.2 Å². The molecule has 0 unspecified atom stereocenters. The normalized spacial score (nSPS) is 31.8. The van der Waals surface area contributed by atoms with Gasteiger partial charge in [0.05, 0.1) is 11.5 Å². The summed E-state index contributed by atoms with van der Waals surface area (Å²) < 4.78 is 22.4. The maximum Gasteiger partial charge on any atom is 0.220 e. The molecule has 4 nitrogen and oxygen atoms in total. The molecular weight excluding hydrogens is 226 g/mol. The molecule has 1 fully saturated rings. The molecule has 1 heterocycles. The fourth-order valence-corrected chi connectivity index (χ4v) is 3.97. The summed E-state index contributed by atoms with van der Waals surface area (Å²) in [6.07, 6.45) is 7.32. The Hall–Kier alpha value is -0.840. The first-order chi connectivity index (χ1) is 7.55. The zero-order valence-electron chi connectivity index (χ0n) is 9.19. The van der Waals surface area contributed by atoms with Crippen molar-refractivity contribution in [1.29, 1.82) is 0 Å². The van der Waals surface area contributed by atoms with Crippen LogP contribution < -0.4 is 5.32 Å². The number of allylic oxidation sites excluding steroid dienone is 2. The van der Waals surface area contributed by atoms with Gasteiger partial charge in [0, 0.05) is 12.5 Å². The standard InChI is InChI=1S/C11H17NO3S/c13-11(7-9-3-1-2-4-9)12-10-5-6-16(14,15)8-10/h1,3,9-10H,2,4-8H2,(H,12,13)/t9-,10+/m0/s1. The number of rotatable bonds is 3. The molecule has 2 rings (SSSR count). The van der Waals surface area contributed by atoms with Crippen LogP contribution in [0.1, 0.15) is 25.7 Å². The van der Waals surface area contributed by atoms with E-state index in [-0.39, 0.29) is 23.5 Å². The van der Waals surface area contributed by atoms with Crippen LogP contribution in [0.3, 0.4) is 0 Å². The molecule has 5 heteroatoms. The highest BCUT2D eigenvalue weighted by atomic mass is 32.2. The molecule has 90 valence electrons. The number of sulfone groups is 1. The number of carbonyl (C=O) groups excluding carboxylic acids is 1. The van der Waals surface area contributed by atoms with E-state index in [1.807, 2.05) is 0 Å². The number of hydrogen-bond donors (Lipinski definition) is 1. The molecule has 16 heavy (non-hydrogen) atoms. The van der Waals surface area contributed by atoms with Crippen molar-refractivity contribution in [2.75, 3.05) is 11.5 Å². The van der Waals surface area contributed by atoms with Crippen molar-refractivity contribution >= 4 is 15.7 Å². The van der Waals surface area contributed by atoms with Crippen molar-refractivity contribution in [3.05, 3.63) is 12.2 Å². The van der Waals surface area contributed by atoms with Crippen LogP contribution in [0.15, 0.2) is 12.2 Å². The first-order valence-electron chi connectivity index (χ1n) is 5.71. The van der Waals surface area contributed by atoms with Gasteiger partial charge in [0.15, 0.2) is 9.84 Å². The van der Waals surface area contributed by atoms with Crippen molar-refractivity contribution in [2.45, 2.75) is 31.7 Å². The Morgan fingerprint density at radius 1 is 1.38 bits per heavy atom. The number of amides is 1. The Morgan fingerprint density at radius 2 is 2.19 bits per heavy atom. The summed E-state index contributed by atoms with van der Waals surface area (Å²) in [4.78, 5) is 11.6. The molecule has 0 spiro atoms. The summed E-state index contributed by atoms with van der Waals surface area (Å²) in [5.41, 5.74) is 0. The highest BCUT2D eigenvalue weighted by molar-refractivity contribution is 7.91. The van der Waals surface area contributed by atoms with Gasteiger partial charge < -0.3 is 5.32 Å². The number of hydrogen-bond acceptors (Lipinski definition) is 3. The van der Waals surface area contributed by atoms with E-state index < -0.39 is 9.84 Å². The lowest BCUT2D eigenvalue weighted by molar-refractivity contribution is -0.122. The van der Waals surface area contributed by atoms with Crippen molar-refractivity contribution in [3.63, 3.8) is 0 Å². The van der Waals surface area contributed by atoms with Gasteiger partial charge in [0.2, 0.25) is 5.91 Å². The minimum absolute atomic E-state index is 0.0151. The van der Waals surface area contributed by atoms with Crippen LogP contribution in [0, 0.1) is 5.92 Å². The largest absolute Gasteiger partial charge is 0.352 e. The summed E-state index contributed by atoms with van der Waals surface area (Å²) in [5, 5.41) is 2.81. The number of nitrogens with one attached hydrogen (secondary N) is 1. The minimum Gasteiger partial charge on any atom is -0.352 e. The Labute approximate surface area is 96.0 Å². The molecule has 1 saturated heterocycles. The molecule has 0 aromatic heterocycles. The molecule has 2 atom stereocenters. The van der Waals surface area contributed by atoms with E-state index in [4.69, 9.17) is 0 Å². The lowest BCUT2D eigenvalue weighted by atomic mass is 10.0. The van der Waals surface area contributed by atoms with E-state index in [0.29, 0.717) is 18.8 Å². The minimum atomic E-state index is -2.90. The highest BCUT2D eigenvalue weighted by Gasteiger charge is 2.29. The average molecular weight is 243 g/mol. The van der Waals surface area contributed by atoms with Crippen molar-refractivity contribution in [3.8, 4) is 0 Å². The van der Waals surface area contributed by atoms with Gasteiger partial charge in [-0.15, -0.1) is 0 Å². The van der Waals surface area contributed by atoms with E-state index in [1.54, 1.807) is 0 Å². The van der Waals surface area contributed by atoms with Crippen LogP contribution in [-0.2, 0) is 14.6 Å². The second-order valence-electron chi connectivity index (χ2n) is 4.64. The topological polar surface area (TPSA) is 63.2 Å². The smallest absolute Gasteiger partial charge is 0.220 e. The molecule has 0 bridgehead atoms. The van der Waals surface area contributed by atoms with Gasteiger partial charge in [-0.25, -0.2) is 8.42 Å². The number of carbonyl (C=O) groups is 1. The third kappa shape index (κ3) is 3.07. The van der Waals surface area contributed by atoms with E-state index in [1.165, 1.54) is 0 Å². The van der Waals surface area contributed by atoms with Gasteiger partial charge >= 0.3 is 0 Å². The predicted octanol–water partition coefficient (Wildman–Crippen LogP) is 0.646. The second-order valence-corrected chi connectivity index (χ2v) is 6.87. The van der Waals surface area contributed by atoms with Crippen LogP contribution >= 0.6 is 0 Å². The molecule has 1 N–H and O–H groups in total. The summed E-state index contributed by atoms with van der Waals surface area (Å²) in [6.45, 7) is 0. The molecule has 1 aliphatic heterocycles. The van der Waals surface area contributed by atoms with Gasteiger partial charge in [-0.05, 0) is 25.2 Å². The van der Waals surface area contributed by atoms with Crippen molar-refractivity contribution in [2.24, 2.45) is 5.92 Å². The predicted molar refractivity (Wildman–Crippen MR) is 61.7 cm³/mol. The monoisotopic (exact) mass is 243 g/mol. The van der Waals surface area contributed by atoms with Crippen molar-refractivity contribution in [1.82, 2.24) is 5.32 Å². The SMILES string of the molecule is O=C(C[C@H]1C=CCC1)N[C@@H]1CCS(=O)(=O)C1. The van der Waals surface area contributed by atoms with E-state index in [9.17, 15) is 13.2 Å². The van der Waals surface area contributed by atoms with Crippen LogP contribution in [0.2, 0.25) is 0 Å². The van der Waals surface area contributed by atoms with Gasteiger partial charge in [0.25, 0.3) is 0 Å². The quantitative estimate of drug-likeness (QED) is 0.740. The second kappa shape index (κ2) is 4.57. The Kier molecular flexibility index (Phi) is 3.33. The zero-order valence-corrected chi connectivity index (χ0v) is 10.0. The summed E-state index contributed by atoms with van der Waals surface area (Å²) in [7, 11) is -2.90. The molecule has 0 radical (unpaired) electrons. The van der Waals surface area contributed by atoms with Crippen LogP contribution in [0.5, 0.6) is 0 Å². The fourth-order valence-electron chi connectivity index (χ4n) is 2.30. The molecule has 0 aromatic carbocycles.